The Morgan fingerprint density at radius 1 is 1.06 bits per heavy atom. The maximum atomic E-state index is 11.1. The van der Waals surface area contributed by atoms with Crippen molar-refractivity contribution < 1.29 is 9.53 Å². The molecule has 176 valence electrons. The van der Waals surface area contributed by atoms with Gasteiger partial charge in [0.15, 0.2) is 11.1 Å². The molecule has 0 spiro atoms. The van der Waals surface area contributed by atoms with Gasteiger partial charge >= 0.3 is 0 Å². The van der Waals surface area contributed by atoms with E-state index in [0.717, 1.165) is 6.42 Å². The van der Waals surface area contributed by atoms with Gasteiger partial charge in [0.25, 0.3) is 8.32 Å². The van der Waals surface area contributed by atoms with Crippen molar-refractivity contribution in [2.75, 3.05) is 6.61 Å². The Balaban J connectivity index is 1.42. The van der Waals surface area contributed by atoms with Crippen LogP contribution in [0.15, 0.2) is 73.3 Å². The lowest BCUT2D eigenvalue weighted by atomic mass is 9.77. The molecule has 8 heteroatoms. The van der Waals surface area contributed by atoms with Gasteiger partial charge < -0.3 is 19.1 Å². The summed E-state index contributed by atoms with van der Waals surface area (Å²) in [7, 11) is -2.64. The molecule has 0 amide bonds. The second-order valence-corrected chi connectivity index (χ2v) is 14.4. The number of aliphatic hydroxyl groups is 1. The minimum atomic E-state index is -2.64. The fourth-order valence-electron chi connectivity index (χ4n) is 5.26. The van der Waals surface area contributed by atoms with Gasteiger partial charge in [-0.1, -0.05) is 81.4 Å². The lowest BCUT2D eigenvalue weighted by Gasteiger charge is -2.47. The first-order chi connectivity index (χ1) is 16.3. The van der Waals surface area contributed by atoms with Gasteiger partial charge in [-0.15, -0.1) is 0 Å². The third-order valence-electron chi connectivity index (χ3n) is 7.13. The Morgan fingerprint density at radius 2 is 1.68 bits per heavy atom. The highest BCUT2D eigenvalue weighted by Crippen LogP contribution is 2.41. The van der Waals surface area contributed by atoms with E-state index in [0.29, 0.717) is 17.8 Å². The number of fused-ring (bicyclic) bond motifs is 1. The summed E-state index contributed by atoms with van der Waals surface area (Å²) in [6.45, 7) is 7.24. The lowest BCUT2D eigenvalue weighted by Crippen LogP contribution is -2.67. The second-order valence-electron chi connectivity index (χ2n) is 10.1. The number of H-pyrrole nitrogens is 1. The van der Waals surface area contributed by atoms with Crippen molar-refractivity contribution in [2.24, 2.45) is 5.92 Å². The number of benzene rings is 2. The largest absolute Gasteiger partial charge is 0.407 e. The first-order valence-electron chi connectivity index (χ1n) is 11.7. The first kappa shape index (κ1) is 22.7. The minimum absolute atomic E-state index is 0.00369. The maximum absolute atomic E-state index is 11.1. The SMILES string of the molecule is CC(C)(C)[Si](OC[C@H]1C[C@@H](n2cnc3nc[nH]c3c2=N)[C@@H]1O)(c1ccccc1)c1ccccc1. The van der Waals surface area contributed by atoms with Crippen LogP contribution in [0.25, 0.3) is 11.2 Å². The van der Waals surface area contributed by atoms with Crippen molar-refractivity contribution >= 4 is 29.9 Å². The van der Waals surface area contributed by atoms with E-state index >= 15 is 0 Å². The number of rotatable bonds is 6. The molecule has 0 unspecified atom stereocenters. The summed E-state index contributed by atoms with van der Waals surface area (Å²) in [4.78, 5) is 11.4. The zero-order valence-electron chi connectivity index (χ0n) is 19.8. The van der Waals surface area contributed by atoms with Gasteiger partial charge in [-0.05, 0) is 21.8 Å². The summed E-state index contributed by atoms with van der Waals surface area (Å²) in [6, 6.07) is 20.9. The van der Waals surface area contributed by atoms with Crippen LogP contribution < -0.4 is 15.9 Å². The molecule has 1 saturated carbocycles. The molecule has 5 rings (SSSR count). The van der Waals surface area contributed by atoms with Gasteiger partial charge in [0.2, 0.25) is 0 Å². The molecule has 2 aromatic heterocycles. The summed E-state index contributed by atoms with van der Waals surface area (Å²) in [5.41, 5.74) is 1.39. The summed E-state index contributed by atoms with van der Waals surface area (Å²) in [6.07, 6.45) is 3.28. The molecule has 2 heterocycles. The number of nitrogens with one attached hydrogen (secondary N) is 2. The van der Waals surface area contributed by atoms with Crippen molar-refractivity contribution in [3.05, 3.63) is 78.8 Å². The Hall–Kier alpha value is -3.07. The van der Waals surface area contributed by atoms with Crippen molar-refractivity contribution in [1.82, 2.24) is 19.5 Å². The average Bonchev–Trinajstić information content (AvgIpc) is 3.32. The molecule has 3 N–H and O–H groups in total. The normalized spacial score (nSPS) is 20.9. The molecular formula is C26H31N5O2Si. The Kier molecular flexibility index (Phi) is 5.75. The number of aromatic nitrogens is 4. The molecule has 34 heavy (non-hydrogen) atoms. The van der Waals surface area contributed by atoms with E-state index in [2.05, 4.69) is 84.3 Å². The van der Waals surface area contributed by atoms with Crippen molar-refractivity contribution in [2.45, 2.75) is 44.4 Å². The van der Waals surface area contributed by atoms with Crippen LogP contribution in [0.3, 0.4) is 0 Å². The lowest BCUT2D eigenvalue weighted by molar-refractivity contribution is -0.0551. The molecule has 4 aromatic rings. The molecule has 0 saturated heterocycles. The monoisotopic (exact) mass is 473 g/mol. The molecule has 0 aliphatic heterocycles. The number of hydrogen-bond acceptors (Lipinski definition) is 5. The molecule has 1 fully saturated rings. The highest BCUT2D eigenvalue weighted by molar-refractivity contribution is 6.99. The topological polar surface area (TPSA) is 99.8 Å². The predicted octanol–water partition coefficient (Wildman–Crippen LogP) is 2.74. The zero-order valence-corrected chi connectivity index (χ0v) is 20.8. The van der Waals surface area contributed by atoms with Crippen molar-refractivity contribution in [1.29, 1.82) is 5.41 Å². The molecule has 0 bridgehead atoms. The first-order valence-corrected chi connectivity index (χ1v) is 13.6. The van der Waals surface area contributed by atoms with Crippen LogP contribution in [0, 0.1) is 11.3 Å². The average molecular weight is 474 g/mol. The van der Waals surface area contributed by atoms with E-state index in [-0.39, 0.29) is 22.5 Å². The van der Waals surface area contributed by atoms with E-state index in [1.165, 1.54) is 16.7 Å². The summed E-state index contributed by atoms with van der Waals surface area (Å²) in [5, 5.41) is 21.9. The van der Waals surface area contributed by atoms with E-state index in [9.17, 15) is 5.11 Å². The van der Waals surface area contributed by atoms with Crippen molar-refractivity contribution in [3.63, 3.8) is 0 Å². The molecule has 1 aliphatic carbocycles. The number of hydrogen-bond donors (Lipinski definition) is 3. The molecule has 3 atom stereocenters. The van der Waals surface area contributed by atoms with E-state index in [4.69, 9.17) is 9.84 Å². The molecule has 7 nitrogen and oxygen atoms in total. The van der Waals surface area contributed by atoms with Gasteiger partial charge in [-0.3, -0.25) is 5.41 Å². The maximum Gasteiger partial charge on any atom is 0.261 e. The quantitative estimate of drug-likeness (QED) is 0.375. The van der Waals surface area contributed by atoms with Crippen LogP contribution in [-0.2, 0) is 4.43 Å². The van der Waals surface area contributed by atoms with Crippen LogP contribution in [0.1, 0.15) is 33.2 Å². The molecule has 2 aromatic carbocycles. The van der Waals surface area contributed by atoms with E-state index in [1.807, 2.05) is 12.1 Å². The second kappa shape index (κ2) is 8.61. The third-order valence-corrected chi connectivity index (χ3v) is 12.1. The van der Waals surface area contributed by atoms with Crippen molar-refractivity contribution in [3.8, 4) is 0 Å². The van der Waals surface area contributed by atoms with Gasteiger partial charge in [0, 0.05) is 12.5 Å². The third kappa shape index (κ3) is 3.62. The highest BCUT2D eigenvalue weighted by atomic mass is 28.4. The van der Waals surface area contributed by atoms with Crippen LogP contribution >= 0.6 is 0 Å². The van der Waals surface area contributed by atoms with Gasteiger partial charge in [0.05, 0.1) is 24.8 Å². The number of imidazole rings is 1. The Labute approximate surface area is 200 Å². The summed E-state index contributed by atoms with van der Waals surface area (Å²) < 4.78 is 8.74. The molecular weight excluding hydrogens is 442 g/mol. The highest BCUT2D eigenvalue weighted by Gasteiger charge is 2.52. The van der Waals surface area contributed by atoms with E-state index in [1.54, 1.807) is 10.9 Å². The fraction of sp³-hybridized carbons (Fsp3) is 0.346. The number of nitrogens with zero attached hydrogens (tertiary/aromatic N) is 3. The molecule has 1 aliphatic rings. The zero-order chi connectivity index (χ0) is 23.9. The van der Waals surface area contributed by atoms with E-state index < -0.39 is 14.4 Å². The van der Waals surface area contributed by atoms with Gasteiger partial charge in [-0.2, -0.15) is 0 Å². The fourth-order valence-corrected chi connectivity index (χ4v) is 9.88. The minimum Gasteiger partial charge on any atom is -0.407 e. The van der Waals surface area contributed by atoms with Gasteiger partial charge in [0.1, 0.15) is 5.52 Å². The standard InChI is InChI=1S/C26H31N5O2Si/c1-26(2,3)34(19-10-6-4-7-11-19,20-12-8-5-9-13-20)33-15-18-14-21(23(18)32)31-17-30-25-22(24(31)27)28-16-29-25/h4-13,16-18,21,23,27,32H,14-15H2,1-3H3,(H,28,29)/t18-,21-,23-/m1/s1. The van der Waals surface area contributed by atoms with Crippen LogP contribution in [0.4, 0.5) is 0 Å². The van der Waals surface area contributed by atoms with Crippen LogP contribution in [0.5, 0.6) is 0 Å². The van der Waals surface area contributed by atoms with Gasteiger partial charge in [-0.25, -0.2) is 9.97 Å². The number of aliphatic hydroxyl groups excluding tert-OH is 1. The van der Waals surface area contributed by atoms with Crippen LogP contribution in [-0.4, -0.2) is 45.7 Å². The smallest absolute Gasteiger partial charge is 0.261 e. The summed E-state index contributed by atoms with van der Waals surface area (Å²) >= 11 is 0. The molecule has 0 radical (unpaired) electrons. The predicted molar refractivity (Wildman–Crippen MR) is 134 cm³/mol. The Bertz CT molecular complexity index is 1290. The summed E-state index contributed by atoms with van der Waals surface area (Å²) in [5.74, 6) is -0.00369. The number of aromatic amines is 1. The van der Waals surface area contributed by atoms with Crippen LogP contribution in [0.2, 0.25) is 5.04 Å². The Morgan fingerprint density at radius 3 is 2.24 bits per heavy atom.